The molecule has 1 aromatic carbocycles. The molecular formula is C21H33N3O3. The molecule has 0 atom stereocenters. The summed E-state index contributed by atoms with van der Waals surface area (Å²) in [6.45, 7) is 6.65. The number of amides is 2. The van der Waals surface area contributed by atoms with Crippen LogP contribution in [0.2, 0.25) is 0 Å². The van der Waals surface area contributed by atoms with E-state index in [2.05, 4.69) is 4.90 Å². The van der Waals surface area contributed by atoms with Crippen molar-refractivity contribution in [3.05, 3.63) is 29.8 Å². The molecule has 1 heterocycles. The summed E-state index contributed by atoms with van der Waals surface area (Å²) < 4.78 is 5.16. The van der Waals surface area contributed by atoms with Crippen molar-refractivity contribution in [3.8, 4) is 5.75 Å². The molecule has 6 heteroatoms. The van der Waals surface area contributed by atoms with Crippen LogP contribution >= 0.6 is 0 Å². The van der Waals surface area contributed by atoms with Gasteiger partial charge in [-0.05, 0) is 57.5 Å². The van der Waals surface area contributed by atoms with Crippen molar-refractivity contribution < 1.29 is 14.3 Å². The fourth-order valence-electron chi connectivity index (χ4n) is 3.29. The molecule has 0 aromatic heterocycles. The Morgan fingerprint density at radius 3 is 2.26 bits per heavy atom. The predicted octanol–water partition coefficient (Wildman–Crippen LogP) is 2.23. The molecule has 1 aromatic rings. The summed E-state index contributed by atoms with van der Waals surface area (Å²) in [6, 6.07) is 7.99. The first-order chi connectivity index (χ1) is 12.8. The highest BCUT2D eigenvalue weighted by Gasteiger charge is 2.29. The monoisotopic (exact) mass is 375 g/mol. The van der Waals surface area contributed by atoms with Crippen molar-refractivity contribution in [2.24, 2.45) is 5.92 Å². The molecule has 0 radical (unpaired) electrons. The van der Waals surface area contributed by atoms with Crippen LogP contribution in [0.4, 0.5) is 0 Å². The van der Waals surface area contributed by atoms with Gasteiger partial charge in [0.25, 0.3) is 0 Å². The van der Waals surface area contributed by atoms with Crippen LogP contribution in [0.15, 0.2) is 24.3 Å². The van der Waals surface area contributed by atoms with Gasteiger partial charge in [0.1, 0.15) is 5.75 Å². The highest BCUT2D eigenvalue weighted by atomic mass is 16.5. The normalized spacial score (nSPS) is 15.6. The first kappa shape index (κ1) is 21.2. The summed E-state index contributed by atoms with van der Waals surface area (Å²) in [6.07, 6.45) is 1.65. The topological polar surface area (TPSA) is 53.1 Å². The van der Waals surface area contributed by atoms with Crippen molar-refractivity contribution in [1.82, 2.24) is 14.7 Å². The minimum atomic E-state index is 0.0841. The molecule has 0 saturated carbocycles. The maximum Gasteiger partial charge on any atom is 0.236 e. The van der Waals surface area contributed by atoms with Gasteiger partial charge in [-0.2, -0.15) is 0 Å². The predicted molar refractivity (Wildman–Crippen MR) is 107 cm³/mol. The largest absolute Gasteiger partial charge is 0.497 e. The Balaban J connectivity index is 1.78. The second-order valence-electron chi connectivity index (χ2n) is 7.69. The number of nitrogens with zero attached hydrogens (tertiary/aromatic N) is 3. The molecule has 0 aliphatic carbocycles. The molecule has 27 heavy (non-hydrogen) atoms. The van der Waals surface area contributed by atoms with Gasteiger partial charge in [0.05, 0.1) is 13.7 Å². The van der Waals surface area contributed by atoms with E-state index in [1.54, 1.807) is 12.0 Å². The van der Waals surface area contributed by atoms with Crippen LogP contribution in [0, 0.1) is 5.92 Å². The number of carbonyl (C=O) groups excluding carboxylic acids is 2. The zero-order valence-electron chi connectivity index (χ0n) is 17.3. The maximum absolute atomic E-state index is 12.5. The van der Waals surface area contributed by atoms with Gasteiger partial charge in [-0.25, -0.2) is 0 Å². The fraction of sp³-hybridized carbons (Fsp3) is 0.619. The lowest BCUT2D eigenvalue weighted by Gasteiger charge is -2.34. The summed E-state index contributed by atoms with van der Waals surface area (Å²) in [5.74, 6) is 1.23. The van der Waals surface area contributed by atoms with Crippen LogP contribution in [0.5, 0.6) is 5.75 Å². The second-order valence-corrected chi connectivity index (χ2v) is 7.69. The van der Waals surface area contributed by atoms with E-state index in [0.29, 0.717) is 13.1 Å². The Labute approximate surface area is 163 Å². The molecule has 0 spiro atoms. The number of rotatable bonds is 7. The lowest BCUT2D eigenvalue weighted by atomic mass is 9.95. The van der Waals surface area contributed by atoms with Crippen molar-refractivity contribution in [2.75, 3.05) is 40.8 Å². The molecule has 1 saturated heterocycles. The first-order valence-corrected chi connectivity index (χ1v) is 9.67. The minimum absolute atomic E-state index is 0.0841. The average molecular weight is 376 g/mol. The van der Waals surface area contributed by atoms with E-state index in [0.717, 1.165) is 37.2 Å². The smallest absolute Gasteiger partial charge is 0.236 e. The Hall–Kier alpha value is -2.08. The Morgan fingerprint density at radius 1 is 1.15 bits per heavy atom. The van der Waals surface area contributed by atoms with Crippen molar-refractivity contribution in [1.29, 1.82) is 0 Å². The van der Waals surface area contributed by atoms with Crippen LogP contribution in [0.3, 0.4) is 0 Å². The second kappa shape index (κ2) is 9.74. The number of likely N-dealkylation sites (N-methyl/N-ethyl adjacent to an activating group) is 1. The van der Waals surface area contributed by atoms with E-state index < -0.39 is 0 Å². The number of benzene rings is 1. The standard InChI is InChI=1S/C21H33N3O3/c1-16(2)23(4)21(26)18-10-12-24(13-11-18)15-20(25)22(3)14-17-6-8-19(27-5)9-7-17/h6-9,16,18H,10-15H2,1-5H3. The first-order valence-electron chi connectivity index (χ1n) is 9.67. The third-order valence-electron chi connectivity index (χ3n) is 5.42. The molecular weight excluding hydrogens is 342 g/mol. The van der Waals surface area contributed by atoms with Gasteiger partial charge >= 0.3 is 0 Å². The number of carbonyl (C=O) groups is 2. The summed E-state index contributed by atoms with van der Waals surface area (Å²) in [7, 11) is 5.35. The van der Waals surface area contributed by atoms with Crippen LogP contribution in [-0.4, -0.2) is 73.4 Å². The third kappa shape index (κ3) is 5.96. The number of hydrogen-bond acceptors (Lipinski definition) is 4. The van der Waals surface area contributed by atoms with E-state index in [1.807, 2.05) is 57.1 Å². The van der Waals surface area contributed by atoms with Gasteiger partial charge < -0.3 is 14.5 Å². The van der Waals surface area contributed by atoms with Crippen molar-refractivity contribution in [2.45, 2.75) is 39.3 Å². The SMILES string of the molecule is COc1ccc(CN(C)C(=O)CN2CCC(C(=O)N(C)C(C)C)CC2)cc1. The van der Waals surface area contributed by atoms with Crippen LogP contribution in [0.1, 0.15) is 32.3 Å². The van der Waals surface area contributed by atoms with E-state index in [-0.39, 0.29) is 23.8 Å². The summed E-state index contributed by atoms with van der Waals surface area (Å²) in [5, 5.41) is 0. The van der Waals surface area contributed by atoms with E-state index in [9.17, 15) is 9.59 Å². The highest BCUT2D eigenvalue weighted by molar-refractivity contribution is 5.79. The van der Waals surface area contributed by atoms with Crippen molar-refractivity contribution in [3.63, 3.8) is 0 Å². The summed E-state index contributed by atoms with van der Waals surface area (Å²) in [5.41, 5.74) is 1.08. The molecule has 0 bridgehead atoms. The Morgan fingerprint density at radius 2 is 1.74 bits per heavy atom. The molecule has 0 N–H and O–H groups in total. The molecule has 1 aliphatic heterocycles. The van der Waals surface area contributed by atoms with E-state index in [1.165, 1.54) is 0 Å². The van der Waals surface area contributed by atoms with E-state index in [4.69, 9.17) is 4.74 Å². The lowest BCUT2D eigenvalue weighted by molar-refractivity contribution is -0.137. The highest BCUT2D eigenvalue weighted by Crippen LogP contribution is 2.20. The van der Waals surface area contributed by atoms with Gasteiger partial charge in [-0.1, -0.05) is 12.1 Å². The third-order valence-corrected chi connectivity index (χ3v) is 5.42. The van der Waals surface area contributed by atoms with Crippen molar-refractivity contribution >= 4 is 11.8 Å². The van der Waals surface area contributed by atoms with Gasteiger partial charge in [0, 0.05) is 32.6 Å². The number of hydrogen-bond donors (Lipinski definition) is 0. The van der Waals surface area contributed by atoms with Gasteiger partial charge in [-0.15, -0.1) is 0 Å². The fourth-order valence-corrected chi connectivity index (χ4v) is 3.29. The van der Waals surface area contributed by atoms with Gasteiger partial charge in [-0.3, -0.25) is 14.5 Å². The quantitative estimate of drug-likeness (QED) is 0.733. The van der Waals surface area contributed by atoms with Crippen LogP contribution in [-0.2, 0) is 16.1 Å². The van der Waals surface area contributed by atoms with E-state index >= 15 is 0 Å². The molecule has 1 fully saturated rings. The number of piperidine rings is 1. The summed E-state index contributed by atoms with van der Waals surface area (Å²) in [4.78, 5) is 30.7. The number of ether oxygens (including phenoxy) is 1. The van der Waals surface area contributed by atoms with Gasteiger partial charge in [0.2, 0.25) is 11.8 Å². The maximum atomic E-state index is 12.5. The Bertz CT molecular complexity index is 622. The number of likely N-dealkylation sites (tertiary alicyclic amines) is 1. The molecule has 2 amide bonds. The Kier molecular flexibility index (Phi) is 7.66. The molecule has 6 nitrogen and oxygen atoms in total. The molecule has 2 rings (SSSR count). The number of methoxy groups -OCH3 is 1. The van der Waals surface area contributed by atoms with Crippen LogP contribution < -0.4 is 4.74 Å². The summed E-state index contributed by atoms with van der Waals surface area (Å²) >= 11 is 0. The molecule has 150 valence electrons. The van der Waals surface area contributed by atoms with Gasteiger partial charge in [0.15, 0.2) is 0 Å². The minimum Gasteiger partial charge on any atom is -0.497 e. The molecule has 1 aliphatic rings. The van der Waals surface area contributed by atoms with Crippen LogP contribution in [0.25, 0.3) is 0 Å². The zero-order valence-corrected chi connectivity index (χ0v) is 17.3. The zero-order chi connectivity index (χ0) is 20.0. The lowest BCUT2D eigenvalue weighted by Crippen LogP contribution is -2.46. The average Bonchev–Trinajstić information content (AvgIpc) is 2.67. The molecule has 0 unspecified atom stereocenters.